The van der Waals surface area contributed by atoms with E-state index >= 15 is 0 Å². The zero-order valence-corrected chi connectivity index (χ0v) is 11.8. The van der Waals surface area contributed by atoms with Crippen molar-refractivity contribution in [3.63, 3.8) is 0 Å². The Hall–Kier alpha value is -2.25. The van der Waals surface area contributed by atoms with Crippen molar-refractivity contribution in [3.05, 3.63) is 41.0 Å². The molecule has 7 heteroatoms. The summed E-state index contributed by atoms with van der Waals surface area (Å²) in [6.07, 6.45) is 0.872. The molecule has 1 aliphatic rings. The molecule has 0 atom stereocenters. The van der Waals surface area contributed by atoms with E-state index in [0.29, 0.717) is 5.95 Å². The van der Waals surface area contributed by atoms with Gasteiger partial charge >= 0.3 is 0 Å². The Kier molecular flexibility index (Phi) is 2.76. The lowest BCUT2D eigenvalue weighted by molar-refractivity contribution is 0.628. The molecule has 0 unspecified atom stereocenters. The second-order valence-electron chi connectivity index (χ2n) is 4.83. The smallest absolute Gasteiger partial charge is 0.240 e. The lowest BCUT2D eigenvalue weighted by atomic mass is 10.2. The minimum atomic E-state index is -0.242. The number of hydrogen-bond acceptors (Lipinski definition) is 6. The third-order valence-corrected chi connectivity index (χ3v) is 4.44. The number of aromatic nitrogens is 2. The third kappa shape index (κ3) is 1.93. The largest absolute Gasteiger partial charge is 0.325 e. The zero-order chi connectivity index (χ0) is 14.4. The third-order valence-electron chi connectivity index (χ3n) is 3.63. The molecule has 1 aliphatic heterocycles. The van der Waals surface area contributed by atoms with Crippen LogP contribution >= 0.6 is 11.3 Å². The van der Waals surface area contributed by atoms with E-state index in [1.165, 1.54) is 17.4 Å². The second-order valence-corrected chi connectivity index (χ2v) is 5.72. The van der Waals surface area contributed by atoms with Gasteiger partial charge in [-0.2, -0.15) is 4.98 Å². The summed E-state index contributed by atoms with van der Waals surface area (Å²) in [6.45, 7) is 0.769. The van der Waals surface area contributed by atoms with E-state index in [2.05, 4.69) is 15.4 Å². The minimum Gasteiger partial charge on any atom is -0.325 e. The van der Waals surface area contributed by atoms with E-state index in [4.69, 9.17) is 5.84 Å². The van der Waals surface area contributed by atoms with Crippen LogP contribution in [0.1, 0.15) is 5.56 Å². The van der Waals surface area contributed by atoms with Crippen LogP contribution in [0, 0.1) is 5.82 Å². The van der Waals surface area contributed by atoms with Crippen LogP contribution < -0.4 is 16.2 Å². The quantitative estimate of drug-likeness (QED) is 0.563. The summed E-state index contributed by atoms with van der Waals surface area (Å²) in [5, 5.41) is 2.92. The molecule has 0 radical (unpaired) electrons. The summed E-state index contributed by atoms with van der Waals surface area (Å²) < 4.78 is 13.6. The van der Waals surface area contributed by atoms with Crippen molar-refractivity contribution < 1.29 is 4.39 Å². The van der Waals surface area contributed by atoms with Crippen molar-refractivity contribution in [1.82, 2.24) is 9.97 Å². The first-order chi connectivity index (χ1) is 10.3. The summed E-state index contributed by atoms with van der Waals surface area (Å²) >= 11 is 1.53. The maximum Gasteiger partial charge on any atom is 0.240 e. The molecule has 106 valence electrons. The number of anilines is 3. The van der Waals surface area contributed by atoms with Crippen LogP contribution in [-0.2, 0) is 6.42 Å². The fourth-order valence-electron chi connectivity index (χ4n) is 2.68. The molecule has 0 saturated heterocycles. The Morgan fingerprint density at radius 1 is 1.29 bits per heavy atom. The van der Waals surface area contributed by atoms with E-state index < -0.39 is 0 Å². The summed E-state index contributed by atoms with van der Waals surface area (Å²) in [6, 6.07) is 6.86. The average Bonchev–Trinajstić information content (AvgIpc) is 3.11. The van der Waals surface area contributed by atoms with Crippen molar-refractivity contribution in [2.24, 2.45) is 5.84 Å². The second kappa shape index (κ2) is 4.64. The molecule has 3 aromatic rings. The normalized spacial score (nSPS) is 13.7. The molecule has 0 amide bonds. The Balaban J connectivity index is 1.92. The van der Waals surface area contributed by atoms with Gasteiger partial charge in [-0.1, -0.05) is 6.07 Å². The van der Waals surface area contributed by atoms with E-state index in [-0.39, 0.29) is 5.82 Å². The Morgan fingerprint density at radius 3 is 3.05 bits per heavy atom. The molecule has 2 aromatic heterocycles. The SMILES string of the molecule is NNc1nc(N2CCc3ccc(F)cc32)c2ccsc2n1. The highest BCUT2D eigenvalue weighted by Gasteiger charge is 2.24. The van der Waals surface area contributed by atoms with Crippen LogP contribution in [0.3, 0.4) is 0 Å². The first-order valence-corrected chi connectivity index (χ1v) is 7.42. The first-order valence-electron chi connectivity index (χ1n) is 6.54. The number of hydrogen-bond donors (Lipinski definition) is 2. The average molecular weight is 301 g/mol. The lowest BCUT2D eigenvalue weighted by Gasteiger charge is -2.19. The number of halogens is 1. The van der Waals surface area contributed by atoms with E-state index in [1.54, 1.807) is 6.07 Å². The van der Waals surface area contributed by atoms with E-state index in [1.807, 2.05) is 22.4 Å². The first kappa shape index (κ1) is 12.5. The fraction of sp³-hybridized carbons (Fsp3) is 0.143. The maximum atomic E-state index is 13.6. The van der Waals surface area contributed by atoms with Gasteiger partial charge in [0.05, 0.1) is 5.39 Å². The number of thiophene rings is 1. The van der Waals surface area contributed by atoms with Gasteiger partial charge in [-0.05, 0) is 35.6 Å². The molecule has 21 heavy (non-hydrogen) atoms. The molecular weight excluding hydrogens is 289 g/mol. The molecule has 0 aliphatic carbocycles. The van der Waals surface area contributed by atoms with Crippen molar-refractivity contribution in [2.75, 3.05) is 16.9 Å². The van der Waals surface area contributed by atoms with Crippen LogP contribution in [0.5, 0.6) is 0 Å². The van der Waals surface area contributed by atoms with Crippen LogP contribution in [-0.4, -0.2) is 16.5 Å². The molecule has 0 spiro atoms. The molecule has 0 bridgehead atoms. The van der Waals surface area contributed by atoms with Gasteiger partial charge in [0, 0.05) is 12.2 Å². The van der Waals surface area contributed by atoms with E-state index in [0.717, 1.165) is 40.3 Å². The van der Waals surface area contributed by atoms with Gasteiger partial charge in [0.1, 0.15) is 16.5 Å². The highest BCUT2D eigenvalue weighted by Crippen LogP contribution is 2.38. The number of nitrogens with two attached hydrogens (primary N) is 1. The highest BCUT2D eigenvalue weighted by molar-refractivity contribution is 7.16. The summed E-state index contributed by atoms with van der Waals surface area (Å²) in [5.41, 5.74) is 4.48. The Morgan fingerprint density at radius 2 is 2.19 bits per heavy atom. The van der Waals surface area contributed by atoms with Crippen LogP contribution in [0.15, 0.2) is 29.6 Å². The molecule has 5 nitrogen and oxygen atoms in total. The predicted molar refractivity (Wildman–Crippen MR) is 82.3 cm³/mol. The van der Waals surface area contributed by atoms with Gasteiger partial charge in [-0.25, -0.2) is 15.2 Å². The van der Waals surface area contributed by atoms with Gasteiger partial charge < -0.3 is 4.90 Å². The van der Waals surface area contributed by atoms with E-state index in [9.17, 15) is 4.39 Å². The number of rotatable bonds is 2. The molecule has 4 rings (SSSR count). The molecule has 1 aromatic carbocycles. The number of fused-ring (bicyclic) bond motifs is 2. The molecular formula is C14H12FN5S. The molecule has 3 heterocycles. The highest BCUT2D eigenvalue weighted by atomic mass is 32.1. The van der Waals surface area contributed by atoms with Crippen LogP contribution in [0.2, 0.25) is 0 Å². The van der Waals surface area contributed by atoms with Gasteiger partial charge in [0.2, 0.25) is 5.95 Å². The Bertz CT molecular complexity index is 831. The summed E-state index contributed by atoms with van der Waals surface area (Å²) in [4.78, 5) is 11.7. The maximum absolute atomic E-state index is 13.6. The van der Waals surface area contributed by atoms with Gasteiger partial charge in [-0.15, -0.1) is 11.3 Å². The lowest BCUT2D eigenvalue weighted by Crippen LogP contribution is -2.18. The monoisotopic (exact) mass is 301 g/mol. The predicted octanol–water partition coefficient (Wildman–Crippen LogP) is 2.81. The van der Waals surface area contributed by atoms with Crippen LogP contribution in [0.25, 0.3) is 10.2 Å². The topological polar surface area (TPSA) is 67.1 Å². The van der Waals surface area contributed by atoms with Gasteiger partial charge in [0.25, 0.3) is 0 Å². The van der Waals surface area contributed by atoms with Crippen molar-refractivity contribution in [2.45, 2.75) is 6.42 Å². The summed E-state index contributed by atoms with van der Waals surface area (Å²) in [7, 11) is 0. The number of benzene rings is 1. The van der Waals surface area contributed by atoms with Gasteiger partial charge in [0.15, 0.2) is 0 Å². The fourth-order valence-corrected chi connectivity index (χ4v) is 3.44. The standard InChI is InChI=1S/C14H12FN5S/c15-9-2-1-8-3-5-20(11(8)7-9)12-10-4-6-21-13(10)18-14(17-12)19-16/h1-2,4,6-7H,3,5,16H2,(H,17,18,19). The minimum absolute atomic E-state index is 0.242. The molecule has 3 N–H and O–H groups in total. The van der Waals surface area contributed by atoms with Crippen LogP contribution in [0.4, 0.5) is 21.8 Å². The van der Waals surface area contributed by atoms with Crippen molar-refractivity contribution in [1.29, 1.82) is 0 Å². The number of hydrazine groups is 1. The Labute approximate surface area is 124 Å². The van der Waals surface area contributed by atoms with Gasteiger partial charge in [-0.3, -0.25) is 5.43 Å². The number of nitrogens with one attached hydrogen (secondary N) is 1. The number of nitrogen functional groups attached to an aromatic ring is 1. The zero-order valence-electron chi connectivity index (χ0n) is 11.0. The molecule has 0 saturated carbocycles. The number of nitrogens with zero attached hydrogens (tertiary/aromatic N) is 3. The van der Waals surface area contributed by atoms with Crippen molar-refractivity contribution >= 4 is 39.0 Å². The van der Waals surface area contributed by atoms with Crippen molar-refractivity contribution in [3.8, 4) is 0 Å². The molecule has 0 fully saturated rings. The summed E-state index contributed by atoms with van der Waals surface area (Å²) in [5.74, 6) is 6.33.